The van der Waals surface area contributed by atoms with Crippen molar-refractivity contribution >= 4 is 11.8 Å². The van der Waals surface area contributed by atoms with E-state index < -0.39 is 5.91 Å². The Morgan fingerprint density at radius 2 is 2.00 bits per heavy atom. The van der Waals surface area contributed by atoms with Gasteiger partial charge in [-0.3, -0.25) is 9.59 Å². The maximum absolute atomic E-state index is 12.0. The standard InChI is InChI=1S/C18H19N3O4/c1-21(2)17(22)9-10-20-18(23)16-8-7-14(25-16)12-24-15-6-4-3-5-13(15)11-19/h3-8H,9-10,12H2,1-2H3,(H,20,23). The summed E-state index contributed by atoms with van der Waals surface area (Å²) in [4.78, 5) is 24.9. The highest BCUT2D eigenvalue weighted by molar-refractivity contribution is 5.91. The first-order chi connectivity index (χ1) is 12.0. The Morgan fingerprint density at radius 3 is 2.72 bits per heavy atom. The summed E-state index contributed by atoms with van der Waals surface area (Å²) in [6.07, 6.45) is 0.223. The van der Waals surface area contributed by atoms with Crippen LogP contribution in [0.2, 0.25) is 0 Å². The lowest BCUT2D eigenvalue weighted by Crippen LogP contribution is -2.29. The SMILES string of the molecule is CN(C)C(=O)CCNC(=O)c1ccc(COc2ccccc2C#N)o1. The van der Waals surface area contributed by atoms with E-state index in [-0.39, 0.29) is 31.2 Å². The minimum atomic E-state index is -0.393. The first-order valence-electron chi connectivity index (χ1n) is 7.70. The molecule has 2 amide bonds. The molecule has 2 aromatic rings. The molecule has 0 radical (unpaired) electrons. The van der Waals surface area contributed by atoms with E-state index in [4.69, 9.17) is 14.4 Å². The van der Waals surface area contributed by atoms with Crippen molar-refractivity contribution in [3.8, 4) is 11.8 Å². The zero-order chi connectivity index (χ0) is 18.2. The van der Waals surface area contributed by atoms with Crippen LogP contribution in [0.3, 0.4) is 0 Å². The second-order valence-electron chi connectivity index (χ2n) is 5.46. The first-order valence-corrected chi connectivity index (χ1v) is 7.70. The molecule has 0 aliphatic rings. The summed E-state index contributed by atoms with van der Waals surface area (Å²) in [6.45, 7) is 0.336. The second-order valence-corrected chi connectivity index (χ2v) is 5.46. The van der Waals surface area contributed by atoms with Crippen LogP contribution in [-0.2, 0) is 11.4 Å². The number of nitriles is 1. The maximum atomic E-state index is 12.0. The highest BCUT2D eigenvalue weighted by atomic mass is 16.5. The van der Waals surface area contributed by atoms with Crippen molar-refractivity contribution in [2.24, 2.45) is 0 Å². The van der Waals surface area contributed by atoms with Crippen molar-refractivity contribution in [3.63, 3.8) is 0 Å². The Bertz CT molecular complexity index is 790. The van der Waals surface area contributed by atoms with Gasteiger partial charge in [0.1, 0.15) is 24.2 Å². The zero-order valence-corrected chi connectivity index (χ0v) is 14.1. The van der Waals surface area contributed by atoms with E-state index in [9.17, 15) is 9.59 Å². The molecule has 0 aliphatic heterocycles. The minimum absolute atomic E-state index is 0.0648. The minimum Gasteiger partial charge on any atom is -0.484 e. The predicted octanol–water partition coefficient (Wildman–Crippen LogP) is 1.94. The summed E-state index contributed by atoms with van der Waals surface area (Å²) < 4.78 is 11.0. The Kier molecular flexibility index (Phi) is 6.18. The molecule has 0 bridgehead atoms. The van der Waals surface area contributed by atoms with Gasteiger partial charge in [-0.15, -0.1) is 0 Å². The van der Waals surface area contributed by atoms with Gasteiger partial charge in [0.2, 0.25) is 5.91 Å². The van der Waals surface area contributed by atoms with Crippen LogP contribution in [0.1, 0.15) is 28.3 Å². The summed E-state index contributed by atoms with van der Waals surface area (Å²) in [5.74, 6) is 0.599. The van der Waals surface area contributed by atoms with Crippen molar-refractivity contribution in [2.75, 3.05) is 20.6 Å². The molecule has 0 aliphatic carbocycles. The smallest absolute Gasteiger partial charge is 0.287 e. The van der Waals surface area contributed by atoms with Gasteiger partial charge in [0, 0.05) is 27.1 Å². The van der Waals surface area contributed by atoms with Crippen molar-refractivity contribution in [2.45, 2.75) is 13.0 Å². The van der Waals surface area contributed by atoms with Crippen molar-refractivity contribution < 1.29 is 18.7 Å². The summed E-state index contributed by atoms with van der Waals surface area (Å²) in [6, 6.07) is 12.1. The lowest BCUT2D eigenvalue weighted by atomic mass is 10.2. The Labute approximate surface area is 145 Å². The molecule has 7 nitrogen and oxygen atoms in total. The molecule has 1 aromatic heterocycles. The number of nitrogens with zero attached hydrogens (tertiary/aromatic N) is 2. The van der Waals surface area contributed by atoms with Gasteiger partial charge in [0.25, 0.3) is 5.91 Å². The average Bonchev–Trinajstić information content (AvgIpc) is 3.09. The Morgan fingerprint density at radius 1 is 1.24 bits per heavy atom. The van der Waals surface area contributed by atoms with Crippen LogP contribution in [0.15, 0.2) is 40.8 Å². The van der Waals surface area contributed by atoms with Gasteiger partial charge in [-0.2, -0.15) is 5.26 Å². The molecule has 0 fully saturated rings. The molecule has 1 aromatic carbocycles. The second kappa shape index (κ2) is 8.55. The first kappa shape index (κ1) is 18.1. The van der Waals surface area contributed by atoms with Crippen molar-refractivity contribution in [1.29, 1.82) is 5.26 Å². The molecule has 0 atom stereocenters. The Balaban J connectivity index is 1.86. The molecule has 0 spiro atoms. The highest BCUT2D eigenvalue weighted by Gasteiger charge is 2.13. The van der Waals surface area contributed by atoms with E-state index in [0.29, 0.717) is 17.1 Å². The number of furan rings is 1. The van der Waals surface area contributed by atoms with Gasteiger partial charge in [-0.05, 0) is 24.3 Å². The van der Waals surface area contributed by atoms with Crippen LogP contribution in [0, 0.1) is 11.3 Å². The monoisotopic (exact) mass is 341 g/mol. The molecule has 1 N–H and O–H groups in total. The van der Waals surface area contributed by atoms with Gasteiger partial charge >= 0.3 is 0 Å². The third-order valence-corrected chi connectivity index (χ3v) is 3.39. The Hall–Kier alpha value is -3.27. The van der Waals surface area contributed by atoms with E-state index in [1.807, 2.05) is 6.07 Å². The summed E-state index contributed by atoms with van der Waals surface area (Å²) in [5, 5.41) is 11.6. The fourth-order valence-electron chi connectivity index (χ4n) is 2.00. The highest BCUT2D eigenvalue weighted by Crippen LogP contribution is 2.19. The number of amides is 2. The number of carbonyl (C=O) groups excluding carboxylic acids is 2. The van der Waals surface area contributed by atoms with E-state index in [1.165, 1.54) is 11.0 Å². The van der Waals surface area contributed by atoms with Gasteiger partial charge in [-0.25, -0.2) is 0 Å². The molecule has 2 rings (SSSR count). The van der Waals surface area contributed by atoms with Crippen LogP contribution >= 0.6 is 0 Å². The summed E-state index contributed by atoms with van der Waals surface area (Å²) in [5.41, 5.74) is 0.428. The van der Waals surface area contributed by atoms with E-state index in [2.05, 4.69) is 5.32 Å². The third-order valence-electron chi connectivity index (χ3n) is 3.39. The maximum Gasteiger partial charge on any atom is 0.287 e. The molecule has 0 saturated heterocycles. The van der Waals surface area contributed by atoms with Crippen LogP contribution < -0.4 is 10.1 Å². The van der Waals surface area contributed by atoms with E-state index in [0.717, 1.165) is 0 Å². The molecule has 25 heavy (non-hydrogen) atoms. The number of hydrogen-bond acceptors (Lipinski definition) is 5. The van der Waals surface area contributed by atoms with Crippen molar-refractivity contribution in [3.05, 3.63) is 53.5 Å². The molecule has 1 heterocycles. The number of benzene rings is 1. The van der Waals surface area contributed by atoms with E-state index in [1.54, 1.807) is 44.4 Å². The fourth-order valence-corrected chi connectivity index (χ4v) is 2.00. The van der Waals surface area contributed by atoms with Crippen LogP contribution in [0.4, 0.5) is 0 Å². The number of carbonyl (C=O) groups is 2. The molecule has 130 valence electrons. The number of rotatable bonds is 7. The quantitative estimate of drug-likeness (QED) is 0.830. The van der Waals surface area contributed by atoms with Gasteiger partial charge < -0.3 is 19.4 Å². The largest absolute Gasteiger partial charge is 0.484 e. The molecular formula is C18H19N3O4. The zero-order valence-electron chi connectivity index (χ0n) is 14.1. The number of hydrogen-bond donors (Lipinski definition) is 1. The third kappa shape index (κ3) is 5.11. The van der Waals surface area contributed by atoms with Crippen molar-refractivity contribution in [1.82, 2.24) is 10.2 Å². The topological polar surface area (TPSA) is 95.6 Å². The van der Waals surface area contributed by atoms with Gasteiger partial charge in [0.05, 0.1) is 5.56 Å². The van der Waals surface area contributed by atoms with Crippen LogP contribution in [0.25, 0.3) is 0 Å². The van der Waals surface area contributed by atoms with Crippen LogP contribution in [-0.4, -0.2) is 37.4 Å². The number of para-hydroxylation sites is 1. The lowest BCUT2D eigenvalue weighted by molar-refractivity contribution is -0.128. The molecular weight excluding hydrogens is 322 g/mol. The number of ether oxygens (including phenoxy) is 1. The average molecular weight is 341 g/mol. The molecule has 0 unspecified atom stereocenters. The molecule has 0 saturated carbocycles. The predicted molar refractivity (Wildman–Crippen MR) is 89.8 cm³/mol. The van der Waals surface area contributed by atoms with Gasteiger partial charge in [0.15, 0.2) is 5.76 Å². The summed E-state index contributed by atoms with van der Waals surface area (Å²) in [7, 11) is 3.32. The van der Waals surface area contributed by atoms with E-state index >= 15 is 0 Å². The number of nitrogens with one attached hydrogen (secondary N) is 1. The lowest BCUT2D eigenvalue weighted by Gasteiger charge is -2.09. The molecule has 7 heteroatoms. The van der Waals surface area contributed by atoms with Crippen LogP contribution in [0.5, 0.6) is 5.75 Å². The normalized spacial score (nSPS) is 9.96. The fraction of sp³-hybridized carbons (Fsp3) is 0.278. The summed E-state index contributed by atoms with van der Waals surface area (Å²) >= 11 is 0. The van der Waals surface area contributed by atoms with Gasteiger partial charge in [-0.1, -0.05) is 12.1 Å².